The summed E-state index contributed by atoms with van der Waals surface area (Å²) in [5, 5.41) is 9.51. The second-order valence-electron chi connectivity index (χ2n) is 9.42. The molecule has 4 aromatic rings. The molecule has 1 saturated carbocycles. The summed E-state index contributed by atoms with van der Waals surface area (Å²) in [4.78, 5) is 12.1. The Morgan fingerprint density at radius 1 is 0.970 bits per heavy atom. The summed E-state index contributed by atoms with van der Waals surface area (Å²) in [5.74, 6) is 1.74. The van der Waals surface area contributed by atoms with Gasteiger partial charge in [-0.15, -0.1) is 0 Å². The molecule has 5 heteroatoms. The second-order valence-corrected chi connectivity index (χ2v) is 9.42. The van der Waals surface area contributed by atoms with E-state index in [4.69, 9.17) is 9.97 Å². The smallest absolute Gasteiger partial charge is 0.160 e. The highest BCUT2D eigenvalue weighted by atomic mass is 15.1. The van der Waals surface area contributed by atoms with E-state index in [2.05, 4.69) is 77.9 Å². The zero-order valence-electron chi connectivity index (χ0n) is 19.2. The van der Waals surface area contributed by atoms with Crippen LogP contribution in [0.25, 0.3) is 11.2 Å². The van der Waals surface area contributed by atoms with E-state index in [9.17, 15) is 5.26 Å². The summed E-state index contributed by atoms with van der Waals surface area (Å²) in [6, 6.07) is 19.7. The Morgan fingerprint density at radius 2 is 1.76 bits per heavy atom. The molecule has 33 heavy (non-hydrogen) atoms. The molecule has 1 aliphatic heterocycles. The molecular weight excluding hydrogens is 406 g/mol. The van der Waals surface area contributed by atoms with Gasteiger partial charge in [-0.1, -0.05) is 30.3 Å². The number of nitrogens with zero attached hydrogens (tertiary/aromatic N) is 5. The van der Waals surface area contributed by atoms with Crippen LogP contribution in [0.1, 0.15) is 52.5 Å². The topological polar surface area (TPSA) is 57.7 Å². The van der Waals surface area contributed by atoms with Crippen LogP contribution in [0.3, 0.4) is 0 Å². The van der Waals surface area contributed by atoms with Gasteiger partial charge < -0.3 is 9.47 Å². The van der Waals surface area contributed by atoms with Crippen LogP contribution in [0.5, 0.6) is 0 Å². The van der Waals surface area contributed by atoms with Crippen LogP contribution in [0.4, 0.5) is 11.4 Å². The van der Waals surface area contributed by atoms with Gasteiger partial charge in [0.05, 0.1) is 12.6 Å². The number of aromatic nitrogens is 3. The van der Waals surface area contributed by atoms with Crippen molar-refractivity contribution in [3.8, 4) is 6.07 Å². The highest BCUT2D eigenvalue weighted by molar-refractivity contribution is 5.76. The van der Waals surface area contributed by atoms with Crippen LogP contribution >= 0.6 is 0 Å². The van der Waals surface area contributed by atoms with Crippen molar-refractivity contribution in [2.24, 2.45) is 0 Å². The Kier molecular flexibility index (Phi) is 4.69. The van der Waals surface area contributed by atoms with E-state index in [-0.39, 0.29) is 0 Å². The molecule has 0 saturated heterocycles. The predicted octanol–water partition coefficient (Wildman–Crippen LogP) is 5.73. The van der Waals surface area contributed by atoms with Crippen LogP contribution in [0, 0.1) is 25.2 Å². The fourth-order valence-electron chi connectivity index (χ4n) is 5.24. The third kappa shape index (κ3) is 3.47. The molecule has 0 unspecified atom stereocenters. The minimum Gasteiger partial charge on any atom is -0.327 e. The molecule has 0 bridgehead atoms. The molecule has 2 aromatic heterocycles. The number of para-hydroxylation sites is 1. The molecule has 3 heterocycles. The van der Waals surface area contributed by atoms with Crippen LogP contribution in [-0.4, -0.2) is 21.1 Å². The third-order valence-corrected chi connectivity index (χ3v) is 6.94. The van der Waals surface area contributed by atoms with Crippen molar-refractivity contribution in [3.05, 3.63) is 82.3 Å². The molecule has 2 aromatic carbocycles. The summed E-state index contributed by atoms with van der Waals surface area (Å²) in [6.45, 7) is 5.32. The maximum absolute atomic E-state index is 9.51. The van der Waals surface area contributed by atoms with E-state index in [1.165, 1.54) is 40.9 Å². The molecule has 0 spiro atoms. The lowest BCUT2D eigenvalue weighted by Gasteiger charge is -2.24. The van der Waals surface area contributed by atoms with Crippen molar-refractivity contribution in [2.45, 2.75) is 52.0 Å². The number of imidazole rings is 1. The minimum absolute atomic E-state index is 0.351. The van der Waals surface area contributed by atoms with Crippen molar-refractivity contribution in [1.82, 2.24) is 14.5 Å². The summed E-state index contributed by atoms with van der Waals surface area (Å²) in [5.41, 5.74) is 10.4. The average Bonchev–Trinajstić information content (AvgIpc) is 3.61. The number of pyridine rings is 1. The van der Waals surface area contributed by atoms with Crippen LogP contribution in [0.15, 0.2) is 48.5 Å². The van der Waals surface area contributed by atoms with Crippen molar-refractivity contribution in [3.63, 3.8) is 0 Å². The largest absolute Gasteiger partial charge is 0.327 e. The molecule has 0 atom stereocenters. The third-order valence-electron chi connectivity index (χ3n) is 6.94. The minimum atomic E-state index is 0.351. The van der Waals surface area contributed by atoms with Gasteiger partial charge in [0.1, 0.15) is 17.9 Å². The maximum Gasteiger partial charge on any atom is 0.160 e. The SMILES string of the molecule is Cc1cc(C)c2nc(C3CC3)n(Cc3ccc4c(c3)CCc3ccccc3N4CC#N)c2n1. The Labute approximate surface area is 194 Å². The summed E-state index contributed by atoms with van der Waals surface area (Å²) >= 11 is 0. The number of benzene rings is 2. The van der Waals surface area contributed by atoms with E-state index >= 15 is 0 Å². The zero-order valence-corrected chi connectivity index (χ0v) is 19.2. The Balaban J connectivity index is 1.42. The summed E-state index contributed by atoms with van der Waals surface area (Å²) < 4.78 is 2.34. The van der Waals surface area contributed by atoms with Gasteiger partial charge in [0.2, 0.25) is 0 Å². The number of nitriles is 1. The number of rotatable bonds is 4. The van der Waals surface area contributed by atoms with Crippen molar-refractivity contribution < 1.29 is 0 Å². The van der Waals surface area contributed by atoms with Gasteiger partial charge in [0.15, 0.2) is 5.65 Å². The fourth-order valence-corrected chi connectivity index (χ4v) is 5.24. The lowest BCUT2D eigenvalue weighted by atomic mass is 10.0. The number of aryl methyl sites for hydroxylation is 4. The first kappa shape index (κ1) is 20.0. The van der Waals surface area contributed by atoms with Gasteiger partial charge in [-0.25, -0.2) is 9.97 Å². The molecule has 6 rings (SSSR count). The van der Waals surface area contributed by atoms with E-state index in [1.807, 2.05) is 0 Å². The standard InChI is InChI=1S/C28H27N5/c1-18-15-19(2)30-28-26(18)31-27(22-9-10-22)33(28)17-20-7-12-25-23(16-20)11-8-21-5-3-4-6-24(21)32(25)14-13-29/h3-7,12,15-16,22H,8-11,14,17H2,1-2H3. The van der Waals surface area contributed by atoms with E-state index in [1.54, 1.807) is 0 Å². The number of hydrogen-bond acceptors (Lipinski definition) is 4. The van der Waals surface area contributed by atoms with E-state index in [0.717, 1.165) is 47.6 Å². The van der Waals surface area contributed by atoms with Gasteiger partial charge in [-0.2, -0.15) is 5.26 Å². The first-order valence-corrected chi connectivity index (χ1v) is 11.8. The fraction of sp³-hybridized carbons (Fsp3) is 0.321. The highest BCUT2D eigenvalue weighted by Crippen LogP contribution is 2.41. The molecule has 2 aliphatic rings. The van der Waals surface area contributed by atoms with Crippen LogP contribution in [-0.2, 0) is 19.4 Å². The van der Waals surface area contributed by atoms with Crippen LogP contribution in [0.2, 0.25) is 0 Å². The van der Waals surface area contributed by atoms with E-state index < -0.39 is 0 Å². The van der Waals surface area contributed by atoms with Gasteiger partial charge in [0.25, 0.3) is 0 Å². The Hall–Kier alpha value is -3.65. The lowest BCUT2D eigenvalue weighted by molar-refractivity contribution is 0.738. The van der Waals surface area contributed by atoms with E-state index in [0.29, 0.717) is 12.5 Å². The van der Waals surface area contributed by atoms with Gasteiger partial charge in [-0.3, -0.25) is 0 Å². The maximum atomic E-state index is 9.51. The first-order valence-electron chi connectivity index (χ1n) is 11.8. The highest BCUT2D eigenvalue weighted by Gasteiger charge is 2.30. The summed E-state index contributed by atoms with van der Waals surface area (Å²) in [6.07, 6.45) is 4.38. The lowest BCUT2D eigenvalue weighted by Crippen LogP contribution is -2.18. The molecular formula is C28H27N5. The summed E-state index contributed by atoms with van der Waals surface area (Å²) in [7, 11) is 0. The van der Waals surface area contributed by atoms with Crippen LogP contribution < -0.4 is 4.90 Å². The zero-order chi connectivity index (χ0) is 22.5. The second kappa shape index (κ2) is 7.74. The Bertz CT molecular complexity index is 1420. The Morgan fingerprint density at radius 3 is 2.58 bits per heavy atom. The molecule has 164 valence electrons. The molecule has 1 aliphatic carbocycles. The number of hydrogen-bond donors (Lipinski definition) is 0. The van der Waals surface area contributed by atoms with Gasteiger partial charge in [0, 0.05) is 23.0 Å². The quantitative estimate of drug-likeness (QED) is 0.386. The molecule has 0 N–H and O–H groups in total. The van der Waals surface area contributed by atoms with Crippen molar-refractivity contribution in [2.75, 3.05) is 11.4 Å². The first-order chi connectivity index (χ1) is 16.1. The predicted molar refractivity (Wildman–Crippen MR) is 131 cm³/mol. The average molecular weight is 434 g/mol. The molecule has 1 fully saturated rings. The molecule has 0 radical (unpaired) electrons. The monoisotopic (exact) mass is 433 g/mol. The normalized spacial score (nSPS) is 15.1. The van der Waals surface area contributed by atoms with Crippen molar-refractivity contribution in [1.29, 1.82) is 5.26 Å². The van der Waals surface area contributed by atoms with Gasteiger partial charge >= 0.3 is 0 Å². The van der Waals surface area contributed by atoms with Crippen molar-refractivity contribution >= 4 is 22.5 Å². The molecule has 0 amide bonds. The molecule has 5 nitrogen and oxygen atoms in total. The van der Waals surface area contributed by atoms with Gasteiger partial charge in [-0.05, 0) is 80.0 Å². The number of anilines is 2. The number of fused-ring (bicyclic) bond motifs is 3.